The lowest BCUT2D eigenvalue weighted by Crippen LogP contribution is -2.42. The SMILES string of the molecule is NC1CCCCC1.O=C(O)CC(NC(=O)c1ccc(Cc2ccccc2)cc1)C(=O)O. The summed E-state index contributed by atoms with van der Waals surface area (Å²) in [6.45, 7) is 0. The second kappa shape index (κ2) is 12.5. The molecule has 0 aliphatic heterocycles. The average Bonchev–Trinajstić information content (AvgIpc) is 2.75. The van der Waals surface area contributed by atoms with Crippen molar-refractivity contribution in [1.29, 1.82) is 0 Å². The minimum Gasteiger partial charge on any atom is -0.481 e. The summed E-state index contributed by atoms with van der Waals surface area (Å²) in [6, 6.07) is 15.7. The molecule has 31 heavy (non-hydrogen) atoms. The lowest BCUT2D eigenvalue weighted by atomic mass is 9.97. The molecule has 3 rings (SSSR count). The van der Waals surface area contributed by atoms with Crippen LogP contribution in [0.2, 0.25) is 0 Å². The van der Waals surface area contributed by atoms with Gasteiger partial charge in [0, 0.05) is 11.6 Å². The van der Waals surface area contributed by atoms with E-state index in [-0.39, 0.29) is 5.56 Å². The number of hydrogen-bond donors (Lipinski definition) is 4. The van der Waals surface area contributed by atoms with Crippen molar-refractivity contribution in [3.8, 4) is 0 Å². The zero-order chi connectivity index (χ0) is 22.6. The monoisotopic (exact) mass is 426 g/mol. The van der Waals surface area contributed by atoms with Gasteiger partial charge in [-0.1, -0.05) is 61.7 Å². The summed E-state index contributed by atoms with van der Waals surface area (Å²) in [5.41, 5.74) is 8.07. The second-order valence-corrected chi connectivity index (χ2v) is 7.72. The molecule has 7 heteroatoms. The topological polar surface area (TPSA) is 130 Å². The molecular formula is C24H30N2O5. The van der Waals surface area contributed by atoms with Crippen LogP contribution in [0.25, 0.3) is 0 Å². The normalized spacial score (nSPS) is 14.6. The Morgan fingerprint density at radius 2 is 1.48 bits per heavy atom. The molecule has 1 atom stereocenters. The van der Waals surface area contributed by atoms with Crippen molar-refractivity contribution in [2.24, 2.45) is 5.73 Å². The van der Waals surface area contributed by atoms with Crippen molar-refractivity contribution in [3.63, 3.8) is 0 Å². The van der Waals surface area contributed by atoms with E-state index < -0.39 is 30.3 Å². The first-order valence-corrected chi connectivity index (χ1v) is 10.5. The highest BCUT2D eigenvalue weighted by molar-refractivity contribution is 5.97. The molecule has 0 heterocycles. The van der Waals surface area contributed by atoms with E-state index >= 15 is 0 Å². The average molecular weight is 427 g/mol. The number of nitrogens with two attached hydrogens (primary N) is 1. The predicted molar refractivity (Wildman–Crippen MR) is 118 cm³/mol. The third-order valence-corrected chi connectivity index (χ3v) is 5.10. The Balaban J connectivity index is 0.000000412. The molecular weight excluding hydrogens is 396 g/mol. The van der Waals surface area contributed by atoms with Crippen LogP contribution in [0.4, 0.5) is 0 Å². The van der Waals surface area contributed by atoms with Crippen LogP contribution in [0.15, 0.2) is 54.6 Å². The molecule has 0 aromatic heterocycles. The molecule has 1 fully saturated rings. The maximum Gasteiger partial charge on any atom is 0.326 e. The third kappa shape index (κ3) is 9.00. The number of carbonyl (C=O) groups excluding carboxylic acids is 1. The Bertz CT molecular complexity index is 846. The van der Waals surface area contributed by atoms with Crippen LogP contribution >= 0.6 is 0 Å². The smallest absolute Gasteiger partial charge is 0.326 e. The van der Waals surface area contributed by atoms with Crippen molar-refractivity contribution in [2.45, 2.75) is 57.0 Å². The molecule has 1 aliphatic rings. The number of benzene rings is 2. The zero-order valence-electron chi connectivity index (χ0n) is 17.5. The van der Waals surface area contributed by atoms with Gasteiger partial charge in [0.25, 0.3) is 5.91 Å². The highest BCUT2D eigenvalue weighted by Gasteiger charge is 2.23. The first-order valence-electron chi connectivity index (χ1n) is 10.5. The fourth-order valence-corrected chi connectivity index (χ4v) is 3.36. The van der Waals surface area contributed by atoms with Gasteiger partial charge in [-0.2, -0.15) is 0 Å². The van der Waals surface area contributed by atoms with Crippen molar-refractivity contribution < 1.29 is 24.6 Å². The van der Waals surface area contributed by atoms with Gasteiger partial charge in [-0.3, -0.25) is 9.59 Å². The van der Waals surface area contributed by atoms with E-state index in [9.17, 15) is 14.4 Å². The molecule has 1 saturated carbocycles. The molecule has 0 radical (unpaired) electrons. The lowest BCUT2D eigenvalue weighted by Gasteiger charge is -2.15. The first-order chi connectivity index (χ1) is 14.8. The number of rotatable bonds is 7. The number of carboxylic acid groups (broad SMARTS) is 2. The summed E-state index contributed by atoms with van der Waals surface area (Å²) >= 11 is 0. The Kier molecular flexibility index (Phi) is 9.71. The molecule has 1 aliphatic carbocycles. The molecule has 1 amide bonds. The van der Waals surface area contributed by atoms with Crippen LogP contribution in [0.1, 0.15) is 60.0 Å². The fourth-order valence-electron chi connectivity index (χ4n) is 3.36. The van der Waals surface area contributed by atoms with Gasteiger partial charge in [0.05, 0.1) is 6.42 Å². The highest BCUT2D eigenvalue weighted by Crippen LogP contribution is 2.15. The Morgan fingerprint density at radius 3 is 1.97 bits per heavy atom. The molecule has 2 aromatic rings. The van der Waals surface area contributed by atoms with E-state index in [0.29, 0.717) is 6.04 Å². The first kappa shape index (κ1) is 24.1. The predicted octanol–water partition coefficient (Wildman–Crippen LogP) is 3.21. The quantitative estimate of drug-likeness (QED) is 0.538. The minimum atomic E-state index is -1.46. The number of carboxylic acids is 2. The number of amides is 1. The van der Waals surface area contributed by atoms with Gasteiger partial charge in [0.1, 0.15) is 6.04 Å². The van der Waals surface area contributed by atoms with Crippen molar-refractivity contribution in [1.82, 2.24) is 5.32 Å². The van der Waals surface area contributed by atoms with Crippen LogP contribution in [-0.2, 0) is 16.0 Å². The lowest BCUT2D eigenvalue weighted by molar-refractivity contribution is -0.145. The molecule has 166 valence electrons. The highest BCUT2D eigenvalue weighted by atomic mass is 16.4. The van der Waals surface area contributed by atoms with Gasteiger partial charge in [-0.15, -0.1) is 0 Å². The van der Waals surface area contributed by atoms with Crippen LogP contribution < -0.4 is 11.1 Å². The number of carbonyl (C=O) groups is 3. The van der Waals surface area contributed by atoms with E-state index in [1.165, 1.54) is 32.1 Å². The Hall–Kier alpha value is -3.19. The van der Waals surface area contributed by atoms with Crippen LogP contribution in [0.5, 0.6) is 0 Å². The maximum atomic E-state index is 12.0. The van der Waals surface area contributed by atoms with E-state index in [1.807, 2.05) is 30.3 Å². The van der Waals surface area contributed by atoms with Crippen molar-refractivity contribution in [3.05, 3.63) is 71.3 Å². The fraction of sp³-hybridized carbons (Fsp3) is 0.375. The van der Waals surface area contributed by atoms with Gasteiger partial charge in [-0.25, -0.2) is 4.79 Å². The number of aliphatic carboxylic acids is 2. The zero-order valence-corrected chi connectivity index (χ0v) is 17.5. The molecule has 0 bridgehead atoms. The summed E-state index contributed by atoms with van der Waals surface area (Å²) in [6.07, 6.45) is 6.71. The third-order valence-electron chi connectivity index (χ3n) is 5.10. The molecule has 0 spiro atoms. The largest absolute Gasteiger partial charge is 0.481 e. The number of hydrogen-bond acceptors (Lipinski definition) is 4. The van der Waals surface area contributed by atoms with E-state index in [2.05, 4.69) is 5.32 Å². The number of nitrogens with one attached hydrogen (secondary N) is 1. The molecule has 0 saturated heterocycles. The summed E-state index contributed by atoms with van der Waals surface area (Å²) in [5.74, 6) is -3.29. The summed E-state index contributed by atoms with van der Waals surface area (Å²) in [5, 5.41) is 19.8. The van der Waals surface area contributed by atoms with Crippen LogP contribution in [-0.4, -0.2) is 40.1 Å². The van der Waals surface area contributed by atoms with Crippen molar-refractivity contribution >= 4 is 17.8 Å². The summed E-state index contributed by atoms with van der Waals surface area (Å²) in [7, 11) is 0. The Labute approximate surface area is 182 Å². The summed E-state index contributed by atoms with van der Waals surface area (Å²) < 4.78 is 0. The standard InChI is InChI=1S/C18H17NO5.C6H13N/c20-16(21)11-15(18(23)24)19-17(22)14-8-6-13(7-9-14)10-12-4-2-1-3-5-12;7-6-4-2-1-3-5-6/h1-9,15H,10-11H2,(H,19,22)(H,20,21)(H,23,24);6H,1-5,7H2. The van der Waals surface area contributed by atoms with E-state index in [4.69, 9.17) is 15.9 Å². The second-order valence-electron chi connectivity index (χ2n) is 7.72. The van der Waals surface area contributed by atoms with Crippen LogP contribution in [0, 0.1) is 0 Å². The maximum absolute atomic E-state index is 12.0. The minimum absolute atomic E-state index is 0.281. The van der Waals surface area contributed by atoms with Gasteiger partial charge < -0.3 is 21.3 Å². The van der Waals surface area contributed by atoms with Gasteiger partial charge in [0.2, 0.25) is 0 Å². The molecule has 5 N–H and O–H groups in total. The van der Waals surface area contributed by atoms with E-state index in [1.54, 1.807) is 24.3 Å². The summed E-state index contributed by atoms with van der Waals surface area (Å²) in [4.78, 5) is 33.7. The van der Waals surface area contributed by atoms with Crippen molar-refractivity contribution in [2.75, 3.05) is 0 Å². The van der Waals surface area contributed by atoms with Gasteiger partial charge in [0.15, 0.2) is 0 Å². The molecule has 2 aromatic carbocycles. The van der Waals surface area contributed by atoms with Gasteiger partial charge >= 0.3 is 11.9 Å². The van der Waals surface area contributed by atoms with Crippen LogP contribution in [0.3, 0.4) is 0 Å². The molecule has 7 nitrogen and oxygen atoms in total. The Morgan fingerprint density at radius 1 is 0.903 bits per heavy atom. The molecule has 1 unspecified atom stereocenters. The van der Waals surface area contributed by atoms with E-state index in [0.717, 1.165) is 17.5 Å². The van der Waals surface area contributed by atoms with Gasteiger partial charge in [-0.05, 0) is 42.5 Å².